The Bertz CT molecular complexity index is 361. The maximum absolute atomic E-state index is 12.2. The average molecular weight is 241 g/mol. The van der Waals surface area contributed by atoms with Gasteiger partial charge in [0.05, 0.1) is 10.9 Å². The Hall–Kier alpha value is -0.320. The van der Waals surface area contributed by atoms with Crippen molar-refractivity contribution < 1.29 is 4.79 Å². The Morgan fingerprint density at radius 1 is 1.53 bits per heavy atom. The van der Waals surface area contributed by atoms with Crippen LogP contribution in [0.2, 0.25) is 0 Å². The maximum atomic E-state index is 12.2. The highest BCUT2D eigenvalue weighted by Crippen LogP contribution is 2.22. The van der Waals surface area contributed by atoms with Gasteiger partial charge in [-0.15, -0.1) is 11.3 Å². The molecule has 0 radical (unpaired) electrons. The van der Waals surface area contributed by atoms with Crippen molar-refractivity contribution in [3.8, 4) is 0 Å². The highest BCUT2D eigenvalue weighted by molar-refractivity contribution is 7.99. The standard InChI is InChI=1S/C11H15NOS2/c1-8-3-4-10(15-8)11(13)9-7-14-6-5-12(9)2/h3-4,9H,5-7H2,1-2H3. The Kier molecular flexibility index (Phi) is 3.49. The van der Waals surface area contributed by atoms with E-state index in [2.05, 4.69) is 4.90 Å². The lowest BCUT2D eigenvalue weighted by molar-refractivity contribution is 0.0879. The molecule has 0 spiro atoms. The highest BCUT2D eigenvalue weighted by Gasteiger charge is 2.27. The van der Waals surface area contributed by atoms with Crippen LogP contribution >= 0.6 is 23.1 Å². The summed E-state index contributed by atoms with van der Waals surface area (Å²) in [5, 5.41) is 0. The highest BCUT2D eigenvalue weighted by atomic mass is 32.2. The molecule has 0 saturated carbocycles. The van der Waals surface area contributed by atoms with Gasteiger partial charge >= 0.3 is 0 Å². The zero-order valence-corrected chi connectivity index (χ0v) is 10.7. The minimum Gasteiger partial charge on any atom is -0.295 e. The molecule has 0 amide bonds. The predicted molar refractivity (Wildman–Crippen MR) is 67.1 cm³/mol. The van der Waals surface area contributed by atoms with Gasteiger partial charge in [-0.2, -0.15) is 11.8 Å². The number of carbonyl (C=O) groups is 1. The van der Waals surface area contributed by atoms with Crippen LogP contribution < -0.4 is 0 Å². The third kappa shape index (κ3) is 2.44. The van der Waals surface area contributed by atoms with Crippen molar-refractivity contribution in [2.24, 2.45) is 0 Å². The largest absolute Gasteiger partial charge is 0.295 e. The molecule has 1 atom stereocenters. The molecule has 1 unspecified atom stereocenters. The molecule has 15 heavy (non-hydrogen) atoms. The van der Waals surface area contributed by atoms with Crippen molar-refractivity contribution >= 4 is 28.9 Å². The van der Waals surface area contributed by atoms with Crippen molar-refractivity contribution in [1.29, 1.82) is 0 Å². The third-order valence-electron chi connectivity index (χ3n) is 2.68. The molecule has 0 bridgehead atoms. The van der Waals surface area contributed by atoms with E-state index in [0.29, 0.717) is 5.78 Å². The molecular formula is C11H15NOS2. The van der Waals surface area contributed by atoms with Crippen LogP contribution in [0.4, 0.5) is 0 Å². The summed E-state index contributed by atoms with van der Waals surface area (Å²) in [6, 6.07) is 4.06. The number of likely N-dealkylation sites (N-methyl/N-ethyl adjacent to an activating group) is 1. The van der Waals surface area contributed by atoms with E-state index < -0.39 is 0 Å². The smallest absolute Gasteiger partial charge is 0.190 e. The predicted octanol–water partition coefficient (Wildman–Crippen LogP) is 2.29. The average Bonchev–Trinajstić information content (AvgIpc) is 2.65. The zero-order valence-electron chi connectivity index (χ0n) is 9.03. The summed E-state index contributed by atoms with van der Waals surface area (Å²) in [7, 11) is 2.04. The Morgan fingerprint density at radius 3 is 2.93 bits per heavy atom. The number of ketones is 1. The molecule has 2 nitrogen and oxygen atoms in total. The second kappa shape index (κ2) is 4.68. The van der Waals surface area contributed by atoms with Gasteiger partial charge in [-0.25, -0.2) is 0 Å². The van der Waals surface area contributed by atoms with Gasteiger partial charge in [-0.05, 0) is 26.1 Å². The number of nitrogens with zero attached hydrogens (tertiary/aromatic N) is 1. The maximum Gasteiger partial charge on any atom is 0.190 e. The van der Waals surface area contributed by atoms with Gasteiger partial charge in [0.1, 0.15) is 0 Å². The quantitative estimate of drug-likeness (QED) is 0.741. The molecule has 1 aliphatic heterocycles. The molecule has 1 aromatic heterocycles. The molecule has 2 rings (SSSR count). The second-order valence-corrected chi connectivity index (χ2v) is 6.28. The molecular weight excluding hydrogens is 226 g/mol. The molecule has 0 aromatic carbocycles. The van der Waals surface area contributed by atoms with Crippen LogP contribution in [0, 0.1) is 6.92 Å². The summed E-state index contributed by atoms with van der Waals surface area (Å²) in [4.78, 5) is 16.5. The van der Waals surface area contributed by atoms with E-state index in [9.17, 15) is 4.79 Å². The topological polar surface area (TPSA) is 20.3 Å². The lowest BCUT2D eigenvalue weighted by atomic mass is 10.1. The van der Waals surface area contributed by atoms with Crippen LogP contribution in [-0.4, -0.2) is 41.8 Å². The normalized spacial score (nSPS) is 22.9. The number of rotatable bonds is 2. The molecule has 1 saturated heterocycles. The fourth-order valence-electron chi connectivity index (χ4n) is 1.69. The van der Waals surface area contributed by atoms with Gasteiger partial charge in [-0.3, -0.25) is 9.69 Å². The molecule has 1 aromatic rings. The van der Waals surface area contributed by atoms with Gasteiger partial charge in [0.15, 0.2) is 5.78 Å². The van der Waals surface area contributed by atoms with Gasteiger partial charge in [-0.1, -0.05) is 0 Å². The Labute approximate surface area is 98.7 Å². The van der Waals surface area contributed by atoms with Crippen LogP contribution in [0.5, 0.6) is 0 Å². The van der Waals surface area contributed by atoms with E-state index in [1.165, 1.54) is 4.88 Å². The first-order chi connectivity index (χ1) is 7.18. The number of aryl methyl sites for hydroxylation is 1. The van der Waals surface area contributed by atoms with Gasteiger partial charge in [0.25, 0.3) is 0 Å². The summed E-state index contributed by atoms with van der Waals surface area (Å²) < 4.78 is 0. The summed E-state index contributed by atoms with van der Waals surface area (Å²) in [6.45, 7) is 3.06. The van der Waals surface area contributed by atoms with Crippen molar-refractivity contribution in [2.45, 2.75) is 13.0 Å². The Morgan fingerprint density at radius 2 is 2.33 bits per heavy atom. The van der Waals surface area contributed by atoms with Crippen LogP contribution in [0.15, 0.2) is 12.1 Å². The first-order valence-electron chi connectivity index (χ1n) is 5.07. The number of hydrogen-bond donors (Lipinski definition) is 0. The van der Waals surface area contributed by atoms with E-state index in [1.54, 1.807) is 11.3 Å². The van der Waals surface area contributed by atoms with Crippen LogP contribution in [-0.2, 0) is 0 Å². The van der Waals surface area contributed by atoms with Crippen LogP contribution in [0.3, 0.4) is 0 Å². The van der Waals surface area contributed by atoms with Crippen molar-refractivity contribution in [3.63, 3.8) is 0 Å². The van der Waals surface area contributed by atoms with Crippen molar-refractivity contribution in [3.05, 3.63) is 21.9 Å². The van der Waals surface area contributed by atoms with Crippen molar-refractivity contribution in [2.75, 3.05) is 25.1 Å². The number of thioether (sulfide) groups is 1. The number of hydrogen-bond acceptors (Lipinski definition) is 4. The molecule has 4 heteroatoms. The van der Waals surface area contributed by atoms with E-state index >= 15 is 0 Å². The second-order valence-electron chi connectivity index (χ2n) is 3.85. The summed E-state index contributed by atoms with van der Waals surface area (Å²) in [6.07, 6.45) is 0. The molecule has 0 N–H and O–H groups in total. The molecule has 2 heterocycles. The first-order valence-corrected chi connectivity index (χ1v) is 7.04. The monoisotopic (exact) mass is 241 g/mol. The van der Waals surface area contributed by atoms with E-state index in [1.807, 2.05) is 37.9 Å². The molecule has 82 valence electrons. The zero-order chi connectivity index (χ0) is 10.8. The number of carbonyl (C=O) groups excluding carboxylic acids is 1. The summed E-state index contributed by atoms with van der Waals surface area (Å²) in [5.74, 6) is 2.37. The lowest BCUT2D eigenvalue weighted by Gasteiger charge is -2.30. The minimum atomic E-state index is 0.0850. The van der Waals surface area contributed by atoms with Crippen LogP contribution in [0.1, 0.15) is 14.5 Å². The molecule has 1 fully saturated rings. The number of Topliss-reactive ketones (excluding diaryl/α,β-unsaturated/α-hetero) is 1. The Balaban J connectivity index is 2.13. The lowest BCUT2D eigenvalue weighted by Crippen LogP contribution is -2.44. The van der Waals surface area contributed by atoms with Gasteiger partial charge < -0.3 is 0 Å². The first kappa shape index (κ1) is 11.2. The third-order valence-corrected chi connectivity index (χ3v) is 4.72. The fourth-order valence-corrected chi connectivity index (χ4v) is 3.76. The fraction of sp³-hybridized carbons (Fsp3) is 0.545. The molecule has 1 aliphatic rings. The summed E-state index contributed by atoms with van der Waals surface area (Å²) in [5.41, 5.74) is 0. The van der Waals surface area contributed by atoms with E-state index in [-0.39, 0.29) is 6.04 Å². The van der Waals surface area contributed by atoms with Crippen molar-refractivity contribution in [1.82, 2.24) is 4.90 Å². The summed E-state index contributed by atoms with van der Waals surface area (Å²) >= 11 is 3.48. The molecule has 0 aliphatic carbocycles. The minimum absolute atomic E-state index is 0.0850. The van der Waals surface area contributed by atoms with Gasteiger partial charge in [0.2, 0.25) is 0 Å². The van der Waals surface area contributed by atoms with E-state index in [0.717, 1.165) is 22.9 Å². The SMILES string of the molecule is Cc1ccc(C(=O)C2CSCCN2C)s1. The van der Waals surface area contributed by atoms with Crippen LogP contribution in [0.25, 0.3) is 0 Å². The van der Waals surface area contributed by atoms with E-state index in [4.69, 9.17) is 0 Å². The van der Waals surface area contributed by atoms with Gasteiger partial charge in [0, 0.05) is 22.9 Å². The number of thiophene rings is 1.